The normalized spacial score (nSPS) is 21.2. The summed E-state index contributed by atoms with van der Waals surface area (Å²) < 4.78 is 5.15. The molecule has 2 saturated heterocycles. The largest absolute Gasteiger partial charge is 0.380 e. The average molecular weight is 312 g/mol. The van der Waals surface area contributed by atoms with Crippen molar-refractivity contribution in [1.82, 2.24) is 14.7 Å². The highest BCUT2D eigenvalue weighted by molar-refractivity contribution is 5.80. The van der Waals surface area contributed by atoms with Gasteiger partial charge in [-0.2, -0.15) is 0 Å². The number of rotatable bonds is 6. The molecule has 22 heavy (non-hydrogen) atoms. The third-order valence-electron chi connectivity index (χ3n) is 4.54. The predicted octanol–water partition coefficient (Wildman–Crippen LogP) is -0.883. The van der Waals surface area contributed by atoms with Crippen LogP contribution in [0.4, 0.5) is 0 Å². The first-order valence-corrected chi connectivity index (χ1v) is 8.14. The summed E-state index contributed by atoms with van der Waals surface area (Å²) in [5, 5.41) is 0. The number of hydrogen-bond donors (Lipinski definition) is 1. The number of amides is 2. The third kappa shape index (κ3) is 4.66. The summed E-state index contributed by atoms with van der Waals surface area (Å²) in [6.07, 6.45) is 2.48. The van der Waals surface area contributed by atoms with Crippen LogP contribution in [-0.4, -0.2) is 92.1 Å². The monoisotopic (exact) mass is 312 g/mol. The van der Waals surface area contributed by atoms with Crippen LogP contribution < -0.4 is 5.73 Å². The van der Waals surface area contributed by atoms with Gasteiger partial charge in [0.05, 0.1) is 19.1 Å². The molecular formula is C15H28N4O3. The lowest BCUT2D eigenvalue weighted by molar-refractivity contribution is -0.141. The smallest absolute Gasteiger partial charge is 0.236 e. The molecule has 2 amide bonds. The fraction of sp³-hybridized carbons (Fsp3) is 0.867. The Bertz CT molecular complexity index is 349. The minimum atomic E-state index is -0.220. The maximum Gasteiger partial charge on any atom is 0.236 e. The number of hydrogen-bond acceptors (Lipinski definition) is 5. The van der Waals surface area contributed by atoms with Gasteiger partial charge in [-0.1, -0.05) is 0 Å². The highest BCUT2D eigenvalue weighted by Crippen LogP contribution is 2.10. The molecule has 0 aromatic rings. The van der Waals surface area contributed by atoms with Crippen LogP contribution >= 0.6 is 0 Å². The van der Waals surface area contributed by atoms with Crippen molar-refractivity contribution in [3.05, 3.63) is 0 Å². The van der Waals surface area contributed by atoms with Gasteiger partial charge < -0.3 is 20.3 Å². The summed E-state index contributed by atoms with van der Waals surface area (Å²) in [5.74, 6) is 0.245. The van der Waals surface area contributed by atoms with Crippen LogP contribution in [0.15, 0.2) is 0 Å². The van der Waals surface area contributed by atoms with E-state index in [0.717, 1.165) is 13.1 Å². The molecule has 7 heteroatoms. The van der Waals surface area contributed by atoms with Crippen LogP contribution in [0.5, 0.6) is 0 Å². The lowest BCUT2D eigenvalue weighted by Crippen LogP contribution is -2.53. The molecule has 0 aliphatic carbocycles. The first-order valence-electron chi connectivity index (χ1n) is 8.14. The van der Waals surface area contributed by atoms with Gasteiger partial charge in [0.2, 0.25) is 11.8 Å². The molecule has 2 aliphatic rings. The molecule has 126 valence electrons. The molecule has 0 spiro atoms. The van der Waals surface area contributed by atoms with E-state index in [0.29, 0.717) is 45.7 Å². The van der Waals surface area contributed by atoms with Crippen molar-refractivity contribution in [3.63, 3.8) is 0 Å². The zero-order valence-corrected chi connectivity index (χ0v) is 13.5. The number of piperazine rings is 1. The number of methoxy groups -OCH3 is 1. The van der Waals surface area contributed by atoms with Gasteiger partial charge in [-0.3, -0.25) is 14.5 Å². The maximum absolute atomic E-state index is 12.2. The van der Waals surface area contributed by atoms with Gasteiger partial charge in [0.1, 0.15) is 0 Å². The van der Waals surface area contributed by atoms with Crippen LogP contribution in [0.3, 0.4) is 0 Å². The summed E-state index contributed by atoms with van der Waals surface area (Å²) in [5.41, 5.74) is 5.55. The lowest BCUT2D eigenvalue weighted by Gasteiger charge is -2.36. The molecule has 1 unspecified atom stereocenters. The number of carbonyl (C=O) groups excluding carboxylic acids is 2. The molecule has 7 nitrogen and oxygen atoms in total. The van der Waals surface area contributed by atoms with E-state index in [1.54, 1.807) is 12.0 Å². The Morgan fingerprint density at radius 1 is 1.00 bits per heavy atom. The van der Waals surface area contributed by atoms with Gasteiger partial charge >= 0.3 is 0 Å². The van der Waals surface area contributed by atoms with Gasteiger partial charge in [-0.05, 0) is 25.9 Å². The second kappa shape index (κ2) is 8.45. The fourth-order valence-corrected chi connectivity index (χ4v) is 3.02. The molecule has 2 heterocycles. The van der Waals surface area contributed by atoms with E-state index in [1.165, 1.54) is 12.8 Å². The standard InChI is InChI=1S/C15H28N4O3/c1-22-13(11-16)10-14(20)18-6-8-19(9-7-18)15(21)12-17-4-2-3-5-17/h13H,2-12,16H2,1H3. The first-order chi connectivity index (χ1) is 10.6. The van der Waals surface area contributed by atoms with Crippen molar-refractivity contribution in [2.45, 2.75) is 25.4 Å². The van der Waals surface area contributed by atoms with Crippen LogP contribution in [0, 0.1) is 0 Å². The van der Waals surface area contributed by atoms with Crippen molar-refractivity contribution in [2.24, 2.45) is 5.73 Å². The fourth-order valence-electron chi connectivity index (χ4n) is 3.02. The Hall–Kier alpha value is -1.18. The molecule has 2 fully saturated rings. The Labute approximate surface area is 132 Å². The number of nitrogens with two attached hydrogens (primary N) is 1. The number of nitrogens with zero attached hydrogens (tertiary/aromatic N) is 3. The third-order valence-corrected chi connectivity index (χ3v) is 4.54. The van der Waals surface area contributed by atoms with Crippen molar-refractivity contribution in [2.75, 3.05) is 59.5 Å². The highest BCUT2D eigenvalue weighted by Gasteiger charge is 2.26. The zero-order valence-electron chi connectivity index (χ0n) is 13.5. The van der Waals surface area contributed by atoms with E-state index in [-0.39, 0.29) is 17.9 Å². The minimum Gasteiger partial charge on any atom is -0.380 e. The van der Waals surface area contributed by atoms with Crippen molar-refractivity contribution >= 4 is 11.8 Å². The van der Waals surface area contributed by atoms with Crippen LogP contribution in [0.25, 0.3) is 0 Å². The molecule has 1 atom stereocenters. The van der Waals surface area contributed by atoms with Crippen molar-refractivity contribution < 1.29 is 14.3 Å². The molecule has 0 aromatic heterocycles. The SMILES string of the molecule is COC(CN)CC(=O)N1CCN(C(=O)CN2CCCC2)CC1. The predicted molar refractivity (Wildman–Crippen MR) is 83.3 cm³/mol. The van der Waals surface area contributed by atoms with Crippen molar-refractivity contribution in [1.29, 1.82) is 0 Å². The lowest BCUT2D eigenvalue weighted by atomic mass is 10.2. The molecule has 2 rings (SSSR count). The average Bonchev–Trinajstić information content (AvgIpc) is 3.05. The summed E-state index contributed by atoms with van der Waals surface area (Å²) in [6, 6.07) is 0. The first kappa shape index (κ1) is 17.2. The Kier molecular flexibility index (Phi) is 6.60. The topological polar surface area (TPSA) is 79.1 Å². The van der Waals surface area contributed by atoms with E-state index < -0.39 is 0 Å². The van der Waals surface area contributed by atoms with E-state index in [4.69, 9.17) is 10.5 Å². The molecule has 0 bridgehead atoms. The van der Waals surface area contributed by atoms with Gasteiger partial charge in [0.25, 0.3) is 0 Å². The minimum absolute atomic E-state index is 0.0592. The van der Waals surface area contributed by atoms with Crippen LogP contribution in [-0.2, 0) is 14.3 Å². The second-order valence-corrected chi connectivity index (χ2v) is 6.04. The number of likely N-dealkylation sites (tertiary alicyclic amines) is 1. The molecule has 0 radical (unpaired) electrons. The number of carbonyl (C=O) groups is 2. The van der Waals surface area contributed by atoms with E-state index in [1.807, 2.05) is 4.90 Å². The van der Waals surface area contributed by atoms with E-state index in [9.17, 15) is 9.59 Å². The van der Waals surface area contributed by atoms with E-state index >= 15 is 0 Å². The van der Waals surface area contributed by atoms with Gasteiger partial charge in [-0.25, -0.2) is 0 Å². The molecule has 2 aliphatic heterocycles. The summed E-state index contributed by atoms with van der Waals surface area (Å²) >= 11 is 0. The Morgan fingerprint density at radius 3 is 2.05 bits per heavy atom. The number of ether oxygens (including phenoxy) is 1. The zero-order chi connectivity index (χ0) is 15.9. The molecule has 0 aromatic carbocycles. The highest BCUT2D eigenvalue weighted by atomic mass is 16.5. The summed E-state index contributed by atoms with van der Waals surface area (Å²) in [4.78, 5) is 30.3. The quantitative estimate of drug-likeness (QED) is 0.689. The summed E-state index contributed by atoms with van der Waals surface area (Å²) in [7, 11) is 1.57. The Morgan fingerprint density at radius 2 is 1.55 bits per heavy atom. The maximum atomic E-state index is 12.2. The Balaban J connectivity index is 1.72. The van der Waals surface area contributed by atoms with Crippen molar-refractivity contribution in [3.8, 4) is 0 Å². The molecule has 2 N–H and O–H groups in total. The van der Waals surface area contributed by atoms with Crippen LogP contribution in [0.2, 0.25) is 0 Å². The van der Waals surface area contributed by atoms with Crippen LogP contribution in [0.1, 0.15) is 19.3 Å². The van der Waals surface area contributed by atoms with Gasteiger partial charge in [0.15, 0.2) is 0 Å². The van der Waals surface area contributed by atoms with E-state index in [2.05, 4.69) is 4.90 Å². The molecule has 0 saturated carbocycles. The van der Waals surface area contributed by atoms with Gasteiger partial charge in [-0.15, -0.1) is 0 Å². The summed E-state index contributed by atoms with van der Waals surface area (Å²) in [6.45, 7) is 5.38. The second-order valence-electron chi connectivity index (χ2n) is 6.04. The van der Waals surface area contributed by atoms with Gasteiger partial charge in [0, 0.05) is 39.8 Å². The molecular weight excluding hydrogens is 284 g/mol.